The van der Waals surface area contributed by atoms with Crippen LogP contribution in [0.5, 0.6) is 0 Å². The van der Waals surface area contributed by atoms with Crippen molar-refractivity contribution in [1.82, 2.24) is 44.5 Å². The van der Waals surface area contributed by atoms with Gasteiger partial charge in [-0.25, -0.2) is 19.5 Å². The van der Waals surface area contributed by atoms with E-state index in [1.54, 1.807) is 13.3 Å². The number of anilines is 2. The predicted molar refractivity (Wildman–Crippen MR) is 160 cm³/mol. The summed E-state index contributed by atoms with van der Waals surface area (Å²) < 4.78 is 46.3. The zero-order valence-corrected chi connectivity index (χ0v) is 26.8. The van der Waals surface area contributed by atoms with Gasteiger partial charge < -0.3 is 39.6 Å². The van der Waals surface area contributed by atoms with Gasteiger partial charge in [-0.15, -0.1) is 5.10 Å². The van der Waals surface area contributed by atoms with Crippen LogP contribution in [0.15, 0.2) is 17.4 Å². The molecule has 4 fully saturated rings. The van der Waals surface area contributed by atoms with Gasteiger partial charge >= 0.3 is 14.5 Å². The number of nitrogens with one attached hydrogen (secondary N) is 1. The smallest absolute Gasteiger partial charge is 0.382 e. The highest BCUT2D eigenvalue weighted by molar-refractivity contribution is 8.07. The topological polar surface area (TPSA) is 276 Å². The molecule has 7 N–H and O–H groups in total. The van der Waals surface area contributed by atoms with Gasteiger partial charge in [0, 0.05) is 23.3 Å². The molecular weight excluding hydrogens is 668 g/mol. The average Bonchev–Trinajstić information content (AvgIpc) is 3.26. The van der Waals surface area contributed by atoms with Gasteiger partial charge in [-0.2, -0.15) is 9.67 Å². The Hall–Kier alpha value is -2.97. The Kier molecular flexibility index (Phi) is 6.78. The molecule has 246 valence electrons. The summed E-state index contributed by atoms with van der Waals surface area (Å²) in [6.07, 6.45) is -0.470. The first-order valence-corrected chi connectivity index (χ1v) is 18.4. The minimum Gasteiger partial charge on any atom is -0.382 e. The number of phosphoric acid groups is 1. The fraction of sp³-hybridized carbons (Fsp3) is 0.609. The monoisotopic (exact) mass is 697 g/mol. The molecule has 3 unspecified atom stereocenters. The van der Waals surface area contributed by atoms with Crippen molar-refractivity contribution in [1.29, 1.82) is 0 Å². The normalized spacial score (nSPS) is 41.0. The molecule has 1 spiro atoms. The van der Waals surface area contributed by atoms with Gasteiger partial charge in [0.25, 0.3) is 5.56 Å². The maximum absolute atomic E-state index is 13.6. The number of ether oxygens (including phenoxy) is 1. The maximum Gasteiger partial charge on any atom is 0.472 e. The van der Waals surface area contributed by atoms with Crippen LogP contribution in [0.3, 0.4) is 0 Å². The zero-order valence-electron chi connectivity index (χ0n) is 24.2. The molecule has 4 aromatic heterocycles. The summed E-state index contributed by atoms with van der Waals surface area (Å²) in [6, 6.07) is -0.262. The largest absolute Gasteiger partial charge is 0.472 e. The van der Waals surface area contributed by atoms with Gasteiger partial charge in [0.2, 0.25) is 5.95 Å². The highest BCUT2D eigenvalue weighted by Gasteiger charge is 2.72. The minimum atomic E-state index is -4.78. The van der Waals surface area contributed by atoms with Crippen molar-refractivity contribution < 1.29 is 37.2 Å². The SMILES string of the molecule is C[C@H]1[C@H]2OP(=O)(O)OCC34C[C@@H]3[C@@H](n3cnc5c(N)ncnc53)[C@H](C)[C@@H]4OP(O)(=S)OC[C@H]1O[C@H]2n1nnc2c(=O)[nH]c(N)nc21. The van der Waals surface area contributed by atoms with E-state index in [2.05, 4.69) is 35.2 Å². The third kappa shape index (κ3) is 4.64. The van der Waals surface area contributed by atoms with E-state index in [-0.39, 0.29) is 54.0 Å². The molecule has 8 rings (SSSR count). The standard InChI is InChI=1S/C23H29N11O9P2S/c1-8-11-4-39-45(38,46)43-16-9(2)14(33-7-28-12-17(24)26-6-27-18(12)33)10-3-23(10,16)5-40-44(36,37)42-15(8)21(41-11)34-19-13(31-32-34)20(35)30-22(25)29-19/h6-11,14-16,21H,3-5H2,1-2H3,(H,36,37)(H,38,46)(H2,24,26,27)(H3,25,29,30,35)/t8-,9+,10-,11-,14+,15-,16+,21-,23?,45?/m1/s1. The van der Waals surface area contributed by atoms with Crippen molar-refractivity contribution in [3.8, 4) is 0 Å². The predicted octanol–water partition coefficient (Wildman–Crippen LogP) is 0.384. The van der Waals surface area contributed by atoms with Crippen LogP contribution in [0, 0.1) is 23.2 Å². The van der Waals surface area contributed by atoms with E-state index < -0.39 is 56.0 Å². The van der Waals surface area contributed by atoms with Crippen molar-refractivity contribution in [3.63, 3.8) is 0 Å². The van der Waals surface area contributed by atoms with Crippen molar-refractivity contribution in [3.05, 3.63) is 23.0 Å². The first-order chi connectivity index (χ1) is 21.8. The number of hydrogen-bond donors (Lipinski definition) is 5. The first-order valence-electron chi connectivity index (χ1n) is 14.3. The number of imidazole rings is 1. The molecule has 2 aliphatic heterocycles. The number of aromatic amines is 1. The van der Waals surface area contributed by atoms with E-state index in [0.29, 0.717) is 17.6 Å². The third-order valence-electron chi connectivity index (χ3n) is 9.58. The number of phosphoric ester groups is 1. The molecule has 0 radical (unpaired) electrons. The molecule has 4 aliphatic rings. The van der Waals surface area contributed by atoms with Crippen LogP contribution in [0.4, 0.5) is 11.8 Å². The number of H-pyrrole nitrogens is 1. The lowest BCUT2D eigenvalue weighted by Crippen LogP contribution is -2.33. The van der Waals surface area contributed by atoms with E-state index in [1.165, 1.54) is 6.33 Å². The molecule has 0 amide bonds. The van der Waals surface area contributed by atoms with Crippen LogP contribution in [0.1, 0.15) is 32.5 Å². The van der Waals surface area contributed by atoms with Crippen molar-refractivity contribution in [2.75, 3.05) is 24.7 Å². The first kappa shape index (κ1) is 30.4. The summed E-state index contributed by atoms with van der Waals surface area (Å²) >= 11 is 5.48. The van der Waals surface area contributed by atoms with E-state index >= 15 is 0 Å². The van der Waals surface area contributed by atoms with Crippen molar-refractivity contribution >= 4 is 60.4 Å². The second-order valence-corrected chi connectivity index (χ2v) is 16.4. The molecule has 2 bridgehead atoms. The number of nitrogens with two attached hydrogens (primary N) is 2. The molecule has 46 heavy (non-hydrogen) atoms. The molecule has 4 aromatic rings. The molecule has 2 saturated heterocycles. The zero-order chi connectivity index (χ0) is 32.3. The molecule has 20 nitrogen and oxygen atoms in total. The van der Waals surface area contributed by atoms with Crippen molar-refractivity contribution in [2.24, 2.45) is 23.2 Å². The number of aromatic nitrogens is 9. The van der Waals surface area contributed by atoms with Gasteiger partial charge in [0.1, 0.15) is 17.9 Å². The Morgan fingerprint density at radius 3 is 2.72 bits per heavy atom. The third-order valence-corrected chi connectivity index (χ3v) is 12.1. The fourth-order valence-corrected chi connectivity index (χ4v) is 9.95. The average molecular weight is 698 g/mol. The molecule has 0 aromatic carbocycles. The molecule has 2 saturated carbocycles. The molecule has 2 aliphatic carbocycles. The second kappa shape index (κ2) is 10.3. The molecular formula is C23H29N11O9P2S. The molecule has 23 heteroatoms. The molecule has 11 atom stereocenters. The van der Waals surface area contributed by atoms with Crippen LogP contribution in [0.25, 0.3) is 22.3 Å². The Labute approximate surface area is 263 Å². The van der Waals surface area contributed by atoms with Crippen LogP contribution in [0.2, 0.25) is 0 Å². The van der Waals surface area contributed by atoms with E-state index in [0.717, 1.165) is 4.68 Å². The second-order valence-electron chi connectivity index (χ2n) is 12.2. The fourth-order valence-electron chi connectivity index (χ4n) is 7.34. The van der Waals surface area contributed by atoms with Gasteiger partial charge in [-0.1, -0.05) is 19.1 Å². The summed E-state index contributed by atoms with van der Waals surface area (Å²) in [5, 5.41) is 7.87. The number of hydrogen-bond acceptors (Lipinski definition) is 16. The quantitative estimate of drug-likeness (QED) is 0.177. The number of nitrogen functional groups attached to an aromatic ring is 2. The van der Waals surface area contributed by atoms with Crippen LogP contribution in [-0.2, 0) is 39.2 Å². The van der Waals surface area contributed by atoms with E-state index in [4.69, 9.17) is 46.1 Å². The Morgan fingerprint density at radius 2 is 1.91 bits per heavy atom. The Morgan fingerprint density at radius 1 is 1.11 bits per heavy atom. The van der Waals surface area contributed by atoms with Crippen molar-refractivity contribution in [2.45, 2.75) is 50.8 Å². The highest BCUT2D eigenvalue weighted by Crippen LogP contribution is 2.73. The number of fused-ring (bicyclic) bond motifs is 4. The Bertz CT molecular complexity index is 2040. The number of nitrogens with zero attached hydrogens (tertiary/aromatic N) is 8. The van der Waals surface area contributed by atoms with Crippen LogP contribution >= 0.6 is 14.5 Å². The lowest BCUT2D eigenvalue weighted by molar-refractivity contribution is -0.0610. The summed E-state index contributed by atoms with van der Waals surface area (Å²) in [5.41, 5.74) is 11.1. The van der Waals surface area contributed by atoms with Gasteiger partial charge in [-0.3, -0.25) is 18.8 Å². The van der Waals surface area contributed by atoms with Crippen LogP contribution in [-0.4, -0.2) is 85.8 Å². The lowest BCUT2D eigenvalue weighted by Gasteiger charge is -2.32. The summed E-state index contributed by atoms with van der Waals surface area (Å²) in [5.74, 6) is -1.03. The Balaban J connectivity index is 1.14. The summed E-state index contributed by atoms with van der Waals surface area (Å²) in [6.45, 7) is -0.810. The summed E-state index contributed by atoms with van der Waals surface area (Å²) in [4.78, 5) is 54.0. The van der Waals surface area contributed by atoms with Crippen LogP contribution < -0.4 is 17.0 Å². The van der Waals surface area contributed by atoms with Gasteiger partial charge in [-0.05, 0) is 24.1 Å². The minimum absolute atomic E-state index is 0.0355. The van der Waals surface area contributed by atoms with E-state index in [9.17, 15) is 19.1 Å². The summed E-state index contributed by atoms with van der Waals surface area (Å²) in [7, 11) is -4.78. The maximum atomic E-state index is 13.6. The number of rotatable bonds is 2. The van der Waals surface area contributed by atoms with E-state index in [1.807, 2.05) is 11.5 Å². The highest BCUT2D eigenvalue weighted by atomic mass is 32.5. The van der Waals surface area contributed by atoms with Gasteiger partial charge in [0.05, 0.1) is 31.7 Å². The van der Waals surface area contributed by atoms with Gasteiger partial charge in [0.15, 0.2) is 28.9 Å². The lowest BCUT2D eigenvalue weighted by atomic mass is 9.94. The molecule has 6 heterocycles.